The van der Waals surface area contributed by atoms with Crippen LogP contribution < -0.4 is 5.32 Å². The van der Waals surface area contributed by atoms with Crippen LogP contribution in [0.25, 0.3) is 0 Å². The molecule has 19 heavy (non-hydrogen) atoms. The second kappa shape index (κ2) is 4.08. The Morgan fingerprint density at radius 3 is 2.63 bits per heavy atom. The van der Waals surface area contributed by atoms with Gasteiger partial charge in [0.05, 0.1) is 5.56 Å². The summed E-state index contributed by atoms with van der Waals surface area (Å²) in [6, 6.07) is 6.34. The lowest BCUT2D eigenvalue weighted by molar-refractivity contribution is 0.0943. The SMILES string of the molecule is Cc1cccc(C(=O)NC2C3C4CCC(C4)C23)c1Br. The molecule has 3 aliphatic rings. The number of hydrogen-bond acceptors (Lipinski definition) is 1. The van der Waals surface area contributed by atoms with Gasteiger partial charge in [-0.3, -0.25) is 4.79 Å². The van der Waals surface area contributed by atoms with Gasteiger partial charge in [0, 0.05) is 10.5 Å². The van der Waals surface area contributed by atoms with Gasteiger partial charge in [-0.15, -0.1) is 0 Å². The fourth-order valence-corrected chi connectivity index (χ4v) is 5.01. The van der Waals surface area contributed by atoms with Gasteiger partial charge in [-0.25, -0.2) is 0 Å². The number of carbonyl (C=O) groups excluding carboxylic acids is 1. The van der Waals surface area contributed by atoms with E-state index in [9.17, 15) is 4.79 Å². The molecule has 4 atom stereocenters. The standard InChI is InChI=1S/C16H18BrNO/c1-8-3-2-4-11(14(8)17)16(19)18-15-12-9-5-6-10(7-9)13(12)15/h2-4,9-10,12-13,15H,5-7H2,1H3,(H,18,19). The molecule has 4 rings (SSSR count). The van der Waals surface area contributed by atoms with E-state index in [4.69, 9.17) is 0 Å². The second-order valence-electron chi connectivity index (χ2n) is 6.42. The van der Waals surface area contributed by atoms with Crippen LogP contribution in [0.3, 0.4) is 0 Å². The molecule has 3 fully saturated rings. The van der Waals surface area contributed by atoms with E-state index in [1.54, 1.807) is 0 Å². The molecule has 0 aliphatic heterocycles. The number of fused-ring (bicyclic) bond motifs is 5. The third kappa shape index (κ3) is 1.70. The Hall–Kier alpha value is -0.830. The van der Waals surface area contributed by atoms with E-state index in [2.05, 4.69) is 21.2 Å². The summed E-state index contributed by atoms with van der Waals surface area (Å²) in [5, 5.41) is 3.27. The molecule has 0 aromatic heterocycles. The van der Waals surface area contributed by atoms with Crippen molar-refractivity contribution in [2.75, 3.05) is 0 Å². The van der Waals surface area contributed by atoms with Crippen molar-refractivity contribution in [1.82, 2.24) is 5.32 Å². The molecule has 0 radical (unpaired) electrons. The molecule has 3 heteroatoms. The van der Waals surface area contributed by atoms with Gasteiger partial charge in [0.1, 0.15) is 0 Å². The van der Waals surface area contributed by atoms with Crippen molar-refractivity contribution in [3.8, 4) is 0 Å². The molecule has 100 valence electrons. The van der Waals surface area contributed by atoms with Crippen LogP contribution in [-0.2, 0) is 0 Å². The highest BCUT2D eigenvalue weighted by atomic mass is 79.9. The van der Waals surface area contributed by atoms with Gasteiger partial charge in [-0.1, -0.05) is 12.1 Å². The molecular weight excluding hydrogens is 302 g/mol. The molecule has 1 aromatic rings. The monoisotopic (exact) mass is 319 g/mol. The molecule has 2 nitrogen and oxygen atoms in total. The molecule has 2 bridgehead atoms. The Morgan fingerprint density at radius 2 is 1.95 bits per heavy atom. The van der Waals surface area contributed by atoms with Gasteiger partial charge >= 0.3 is 0 Å². The lowest BCUT2D eigenvalue weighted by Gasteiger charge is -2.12. The van der Waals surface area contributed by atoms with Crippen molar-refractivity contribution in [2.45, 2.75) is 32.2 Å². The fourth-order valence-electron chi connectivity index (χ4n) is 4.57. The topological polar surface area (TPSA) is 29.1 Å². The van der Waals surface area contributed by atoms with Gasteiger partial charge in [-0.05, 0) is 77.4 Å². The quantitative estimate of drug-likeness (QED) is 0.887. The summed E-state index contributed by atoms with van der Waals surface area (Å²) < 4.78 is 0.932. The summed E-state index contributed by atoms with van der Waals surface area (Å²) in [6.07, 6.45) is 4.22. The average molecular weight is 320 g/mol. The first-order valence-electron chi connectivity index (χ1n) is 7.23. The normalized spacial score (nSPS) is 38.1. The highest BCUT2D eigenvalue weighted by Gasteiger charge is 2.65. The smallest absolute Gasteiger partial charge is 0.252 e. The number of carbonyl (C=O) groups is 1. The predicted molar refractivity (Wildman–Crippen MR) is 77.9 cm³/mol. The first-order chi connectivity index (χ1) is 9.16. The van der Waals surface area contributed by atoms with Gasteiger partial charge in [0.25, 0.3) is 5.91 Å². The number of hydrogen-bond donors (Lipinski definition) is 1. The Labute approximate surface area is 122 Å². The number of halogens is 1. The van der Waals surface area contributed by atoms with E-state index < -0.39 is 0 Å². The minimum atomic E-state index is 0.0920. The first kappa shape index (κ1) is 12.0. The maximum atomic E-state index is 12.4. The second-order valence-corrected chi connectivity index (χ2v) is 7.22. The van der Waals surface area contributed by atoms with Crippen LogP contribution in [0.4, 0.5) is 0 Å². The third-order valence-corrected chi connectivity index (χ3v) is 6.52. The highest BCUT2D eigenvalue weighted by Crippen LogP contribution is 2.65. The van der Waals surface area contributed by atoms with Gasteiger partial charge in [-0.2, -0.15) is 0 Å². The van der Waals surface area contributed by atoms with E-state index in [0.29, 0.717) is 6.04 Å². The molecule has 0 heterocycles. The molecule has 3 aliphatic carbocycles. The minimum Gasteiger partial charge on any atom is -0.349 e. The summed E-state index contributed by atoms with van der Waals surface area (Å²) in [5.41, 5.74) is 1.89. The molecule has 0 spiro atoms. The Kier molecular flexibility index (Phi) is 2.57. The van der Waals surface area contributed by atoms with Crippen molar-refractivity contribution < 1.29 is 4.79 Å². The van der Waals surface area contributed by atoms with Crippen molar-refractivity contribution in [2.24, 2.45) is 23.7 Å². The number of amides is 1. The van der Waals surface area contributed by atoms with E-state index in [0.717, 1.165) is 39.3 Å². The fraction of sp³-hybridized carbons (Fsp3) is 0.562. The van der Waals surface area contributed by atoms with E-state index in [-0.39, 0.29) is 5.91 Å². The van der Waals surface area contributed by atoms with E-state index >= 15 is 0 Å². The van der Waals surface area contributed by atoms with Crippen LogP contribution in [0, 0.1) is 30.6 Å². The van der Waals surface area contributed by atoms with Crippen LogP contribution in [0.5, 0.6) is 0 Å². The predicted octanol–water partition coefficient (Wildman–Crippen LogP) is 3.53. The molecule has 3 saturated carbocycles. The summed E-state index contributed by atoms with van der Waals surface area (Å²) >= 11 is 3.53. The summed E-state index contributed by atoms with van der Waals surface area (Å²) in [7, 11) is 0. The Balaban J connectivity index is 1.50. The molecule has 0 saturated heterocycles. The van der Waals surface area contributed by atoms with Crippen LogP contribution >= 0.6 is 15.9 Å². The summed E-state index contributed by atoms with van der Waals surface area (Å²) in [6.45, 7) is 2.02. The third-order valence-electron chi connectivity index (χ3n) is 5.47. The number of benzene rings is 1. The average Bonchev–Trinajstić information content (AvgIpc) is 2.81. The minimum absolute atomic E-state index is 0.0920. The van der Waals surface area contributed by atoms with Crippen LogP contribution in [0.2, 0.25) is 0 Å². The lowest BCUT2D eigenvalue weighted by Crippen LogP contribution is -2.30. The van der Waals surface area contributed by atoms with Crippen molar-refractivity contribution >= 4 is 21.8 Å². The summed E-state index contributed by atoms with van der Waals surface area (Å²) in [4.78, 5) is 12.4. The zero-order chi connectivity index (χ0) is 13.1. The number of nitrogens with one attached hydrogen (secondary N) is 1. The number of rotatable bonds is 2. The van der Waals surface area contributed by atoms with Crippen LogP contribution in [-0.4, -0.2) is 11.9 Å². The van der Waals surface area contributed by atoms with Crippen LogP contribution in [0.15, 0.2) is 22.7 Å². The molecule has 1 N–H and O–H groups in total. The van der Waals surface area contributed by atoms with E-state index in [1.165, 1.54) is 19.3 Å². The highest BCUT2D eigenvalue weighted by molar-refractivity contribution is 9.10. The van der Waals surface area contributed by atoms with E-state index in [1.807, 2.05) is 25.1 Å². The number of aryl methyl sites for hydroxylation is 1. The molecule has 4 unspecified atom stereocenters. The Morgan fingerprint density at radius 1 is 1.26 bits per heavy atom. The first-order valence-corrected chi connectivity index (χ1v) is 8.02. The van der Waals surface area contributed by atoms with Gasteiger partial charge in [0.15, 0.2) is 0 Å². The van der Waals surface area contributed by atoms with Crippen LogP contribution in [0.1, 0.15) is 35.2 Å². The molecule has 1 amide bonds. The Bertz CT molecular complexity index is 540. The maximum absolute atomic E-state index is 12.4. The lowest BCUT2D eigenvalue weighted by atomic mass is 10.0. The van der Waals surface area contributed by atoms with Gasteiger partial charge in [0.2, 0.25) is 0 Å². The van der Waals surface area contributed by atoms with Crippen molar-refractivity contribution in [3.63, 3.8) is 0 Å². The van der Waals surface area contributed by atoms with Gasteiger partial charge < -0.3 is 5.32 Å². The molecular formula is C16H18BrNO. The van der Waals surface area contributed by atoms with Crippen molar-refractivity contribution in [3.05, 3.63) is 33.8 Å². The van der Waals surface area contributed by atoms with Crippen molar-refractivity contribution in [1.29, 1.82) is 0 Å². The largest absolute Gasteiger partial charge is 0.349 e. The zero-order valence-corrected chi connectivity index (χ0v) is 12.6. The summed E-state index contributed by atoms with van der Waals surface area (Å²) in [5.74, 6) is 3.49. The molecule has 1 aromatic carbocycles. The zero-order valence-electron chi connectivity index (χ0n) is 11.0. The maximum Gasteiger partial charge on any atom is 0.252 e.